The van der Waals surface area contributed by atoms with Crippen LogP contribution in [0.1, 0.15) is 35.4 Å². The normalized spacial score (nSPS) is 21.5. The fraction of sp³-hybridized carbons (Fsp3) is 0.136. The number of aliphatic hydroxyl groups is 4. The summed E-state index contributed by atoms with van der Waals surface area (Å²) in [6, 6.07) is 31.0. The Morgan fingerprint density at radius 1 is 0.654 bits per heavy atom. The van der Waals surface area contributed by atoms with Crippen molar-refractivity contribution in [1.82, 2.24) is 0 Å². The zero-order valence-corrected chi connectivity index (χ0v) is 28.8. The Labute approximate surface area is 302 Å². The molecule has 3 aliphatic rings. The van der Waals surface area contributed by atoms with Gasteiger partial charge in [0.1, 0.15) is 33.3 Å². The Morgan fingerprint density at radius 3 is 2.12 bits per heavy atom. The van der Waals surface area contributed by atoms with Gasteiger partial charge in [-0.25, -0.2) is 0 Å². The smallest absolute Gasteiger partial charge is 0.166 e. The summed E-state index contributed by atoms with van der Waals surface area (Å²) < 4.78 is 0. The number of allylic oxidation sites excluding steroid dienone is 5. The van der Waals surface area contributed by atoms with Crippen LogP contribution >= 0.6 is 0 Å². The molecule has 6 aromatic rings. The molecule has 0 aliphatic heterocycles. The molecular weight excluding hydrogens is 646 g/mol. The van der Waals surface area contributed by atoms with Crippen molar-refractivity contribution < 1.29 is 30.6 Å². The summed E-state index contributed by atoms with van der Waals surface area (Å²) in [7, 11) is 3.48. The summed E-state index contributed by atoms with van der Waals surface area (Å²) >= 11 is 0. The molecule has 8 heteroatoms. The van der Waals surface area contributed by atoms with E-state index in [1.165, 1.54) is 10.8 Å². The van der Waals surface area contributed by atoms with Crippen LogP contribution in [0.2, 0.25) is 0 Å². The molecule has 4 atom stereocenters. The first-order chi connectivity index (χ1) is 25.2. The summed E-state index contributed by atoms with van der Waals surface area (Å²) in [6.45, 7) is 0. The topological polar surface area (TPSA) is 121 Å². The van der Waals surface area contributed by atoms with Gasteiger partial charge in [-0.3, -0.25) is 0 Å². The van der Waals surface area contributed by atoms with E-state index in [0.29, 0.717) is 33.2 Å². The molecule has 0 saturated carbocycles. The highest BCUT2D eigenvalue weighted by atomic mass is 16.4. The SMILES string of the molecule is Bc1c(B)c(O)c2c(c1O)C(c1cccc(-c3cc4ccc5ccccc5c4c4ccccc34)c1)=C1C(O)=C(O)C(O)C(O)C1C2C1=CCCC=C1. The summed E-state index contributed by atoms with van der Waals surface area (Å²) in [5.41, 5.74) is 5.56. The van der Waals surface area contributed by atoms with Gasteiger partial charge < -0.3 is 30.6 Å². The van der Waals surface area contributed by atoms with Crippen LogP contribution < -0.4 is 10.9 Å². The number of hydrogen-bond acceptors (Lipinski definition) is 6. The monoisotopic (exact) mass is 682 g/mol. The highest BCUT2D eigenvalue weighted by Gasteiger charge is 2.51. The Bertz CT molecular complexity index is 2650. The number of rotatable bonds is 3. The minimum absolute atomic E-state index is 0.0180. The predicted molar refractivity (Wildman–Crippen MR) is 214 cm³/mol. The van der Waals surface area contributed by atoms with Gasteiger partial charge in [0, 0.05) is 34.1 Å². The molecule has 6 aromatic carbocycles. The van der Waals surface area contributed by atoms with E-state index in [2.05, 4.69) is 48.5 Å². The minimum atomic E-state index is -1.75. The Kier molecular flexibility index (Phi) is 7.40. The average molecular weight is 682 g/mol. The largest absolute Gasteiger partial charge is 0.508 e. The molecule has 52 heavy (non-hydrogen) atoms. The first-order valence-corrected chi connectivity index (χ1v) is 17.8. The van der Waals surface area contributed by atoms with E-state index in [1.807, 2.05) is 60.7 Å². The molecule has 254 valence electrons. The highest BCUT2D eigenvalue weighted by molar-refractivity contribution is 6.51. The molecule has 6 nitrogen and oxygen atoms in total. The number of aliphatic hydroxyl groups excluding tert-OH is 4. The number of hydrogen-bond donors (Lipinski definition) is 6. The van der Waals surface area contributed by atoms with Crippen molar-refractivity contribution in [2.45, 2.75) is 31.0 Å². The number of phenolic OH excluding ortho intramolecular Hbond substituents is 2. The predicted octanol–water partition coefficient (Wildman–Crippen LogP) is 5.60. The van der Waals surface area contributed by atoms with Crippen molar-refractivity contribution in [3.05, 3.63) is 149 Å². The van der Waals surface area contributed by atoms with Crippen LogP contribution in [-0.4, -0.2) is 58.5 Å². The lowest BCUT2D eigenvalue weighted by molar-refractivity contribution is -0.0255. The number of benzene rings is 6. The lowest BCUT2D eigenvalue weighted by Crippen LogP contribution is -2.46. The Hall–Kier alpha value is -5.69. The molecule has 0 fully saturated rings. The number of aromatic hydroxyl groups is 2. The summed E-state index contributed by atoms with van der Waals surface area (Å²) in [5, 5.41) is 76.4. The molecule has 9 rings (SSSR count). The van der Waals surface area contributed by atoms with Crippen LogP contribution in [0.5, 0.6) is 11.5 Å². The van der Waals surface area contributed by atoms with Crippen molar-refractivity contribution in [2.24, 2.45) is 5.92 Å². The first-order valence-electron chi connectivity index (χ1n) is 17.8. The zero-order valence-electron chi connectivity index (χ0n) is 28.8. The second-order valence-electron chi connectivity index (χ2n) is 14.3. The van der Waals surface area contributed by atoms with Crippen LogP contribution in [0.3, 0.4) is 0 Å². The second kappa shape index (κ2) is 11.9. The fourth-order valence-electron chi connectivity index (χ4n) is 8.97. The Balaban J connectivity index is 1.36. The van der Waals surface area contributed by atoms with Crippen LogP contribution in [0.4, 0.5) is 0 Å². The van der Waals surface area contributed by atoms with Gasteiger partial charge in [0.05, 0.1) is 6.10 Å². The molecule has 0 aromatic heterocycles. The minimum Gasteiger partial charge on any atom is -0.508 e. The van der Waals surface area contributed by atoms with E-state index in [1.54, 1.807) is 15.7 Å². The molecular formula is C44H36B2O6. The molecule has 0 saturated heterocycles. The molecule has 0 radical (unpaired) electrons. The quantitative estimate of drug-likeness (QED) is 0.0823. The maximum Gasteiger partial charge on any atom is 0.166 e. The van der Waals surface area contributed by atoms with Gasteiger partial charge in [-0.2, -0.15) is 0 Å². The van der Waals surface area contributed by atoms with Crippen molar-refractivity contribution >= 4 is 64.5 Å². The highest BCUT2D eigenvalue weighted by Crippen LogP contribution is 2.58. The third-order valence-corrected chi connectivity index (χ3v) is 11.6. The molecule has 0 bridgehead atoms. The molecule has 0 heterocycles. The lowest BCUT2D eigenvalue weighted by Gasteiger charge is -2.45. The van der Waals surface area contributed by atoms with Crippen LogP contribution in [0.25, 0.3) is 49.0 Å². The molecule has 6 N–H and O–H groups in total. The number of phenols is 2. The summed E-state index contributed by atoms with van der Waals surface area (Å²) in [5.74, 6) is -3.05. The van der Waals surface area contributed by atoms with Crippen molar-refractivity contribution in [1.29, 1.82) is 0 Å². The fourth-order valence-corrected chi connectivity index (χ4v) is 8.97. The van der Waals surface area contributed by atoms with Gasteiger partial charge in [0.2, 0.25) is 0 Å². The maximum atomic E-state index is 12.0. The van der Waals surface area contributed by atoms with Crippen LogP contribution in [-0.2, 0) is 0 Å². The van der Waals surface area contributed by atoms with Crippen molar-refractivity contribution in [3.63, 3.8) is 0 Å². The molecule has 0 amide bonds. The van der Waals surface area contributed by atoms with Crippen molar-refractivity contribution in [2.75, 3.05) is 0 Å². The second-order valence-corrected chi connectivity index (χ2v) is 14.3. The molecule has 0 spiro atoms. The zero-order chi connectivity index (χ0) is 36.0. The molecule has 3 aliphatic carbocycles. The first kappa shape index (κ1) is 32.2. The number of fused-ring (bicyclic) bond motifs is 7. The maximum absolute atomic E-state index is 12.0. The summed E-state index contributed by atoms with van der Waals surface area (Å²) in [4.78, 5) is 0. The van der Waals surface area contributed by atoms with Gasteiger partial charge >= 0.3 is 0 Å². The van der Waals surface area contributed by atoms with Crippen molar-refractivity contribution in [3.8, 4) is 22.6 Å². The van der Waals surface area contributed by atoms with E-state index in [4.69, 9.17) is 0 Å². The summed E-state index contributed by atoms with van der Waals surface area (Å²) in [6.07, 6.45) is 4.28. The van der Waals surface area contributed by atoms with E-state index in [-0.39, 0.29) is 17.1 Å². The van der Waals surface area contributed by atoms with Gasteiger partial charge in [0.25, 0.3) is 0 Å². The Morgan fingerprint density at radius 2 is 1.35 bits per heavy atom. The van der Waals surface area contributed by atoms with E-state index < -0.39 is 35.6 Å². The standard InChI is InChI=1S/C44H36B2O6/c45-37-38(46)40(48)34-32(36-35(41(49)43(51)44(52)42(36)50)31(33(34)39(37)47)22-10-2-1-3-11-22)24-13-8-12-23(19-24)29-20-25-18-17-21-9-4-5-14-26(21)30(25)28-16-7-6-15-27(28)29/h2,4-20,31,35,41,43,47-52H,1,3,45-46H2. The van der Waals surface area contributed by atoms with E-state index >= 15 is 0 Å². The third-order valence-electron chi connectivity index (χ3n) is 11.6. The van der Waals surface area contributed by atoms with Gasteiger partial charge in [-0.15, -0.1) is 0 Å². The molecule has 4 unspecified atom stereocenters. The van der Waals surface area contributed by atoms with Gasteiger partial charge in [0.15, 0.2) is 11.5 Å². The average Bonchev–Trinajstić information content (AvgIpc) is 3.19. The van der Waals surface area contributed by atoms with Crippen LogP contribution in [0, 0.1) is 5.92 Å². The lowest BCUT2D eigenvalue weighted by atomic mass is 9.59. The van der Waals surface area contributed by atoms with E-state index in [9.17, 15) is 30.6 Å². The van der Waals surface area contributed by atoms with Crippen LogP contribution in [0.15, 0.2) is 132 Å². The van der Waals surface area contributed by atoms with Gasteiger partial charge in [-0.05, 0) is 79.6 Å². The van der Waals surface area contributed by atoms with Gasteiger partial charge in [-0.1, -0.05) is 108 Å². The van der Waals surface area contributed by atoms with E-state index in [0.717, 1.165) is 51.1 Å². The third kappa shape index (κ3) is 4.54.